The van der Waals surface area contributed by atoms with Crippen molar-refractivity contribution in [3.05, 3.63) is 0 Å². The normalized spacial score (nSPS) is 13.4. The van der Waals surface area contributed by atoms with Crippen LogP contribution in [0.4, 0.5) is 0 Å². The number of carbonyl (C=O) groups is 3. The third-order valence-corrected chi connectivity index (χ3v) is 2.50. The Balaban J connectivity index is 3.96. The van der Waals surface area contributed by atoms with E-state index in [1.165, 1.54) is 7.05 Å². The third-order valence-electron chi connectivity index (χ3n) is 2.50. The molecule has 3 amide bonds. The van der Waals surface area contributed by atoms with Crippen LogP contribution in [0.25, 0.3) is 0 Å². The maximum atomic E-state index is 11.4. The van der Waals surface area contributed by atoms with Gasteiger partial charge in [-0.05, 0) is 13.3 Å². The third kappa shape index (κ3) is 5.89. The van der Waals surface area contributed by atoms with Gasteiger partial charge in [-0.15, -0.1) is 0 Å². The quantitative estimate of drug-likeness (QED) is 0.582. The number of nitrogens with one attached hydrogen (secondary N) is 3. The van der Waals surface area contributed by atoms with Crippen LogP contribution >= 0.6 is 0 Å². The van der Waals surface area contributed by atoms with Gasteiger partial charge >= 0.3 is 0 Å². The van der Waals surface area contributed by atoms with E-state index in [0.717, 1.165) is 6.42 Å². The molecule has 0 unspecified atom stereocenters. The van der Waals surface area contributed by atoms with E-state index in [9.17, 15) is 14.4 Å². The summed E-state index contributed by atoms with van der Waals surface area (Å²) in [5.41, 5.74) is 0. The Morgan fingerprint density at radius 3 is 2.18 bits per heavy atom. The Kier molecular flexibility index (Phi) is 6.93. The molecule has 98 valence electrons. The molecule has 0 saturated heterocycles. The van der Waals surface area contributed by atoms with Crippen molar-refractivity contribution in [1.82, 2.24) is 16.0 Å². The molecule has 17 heavy (non-hydrogen) atoms. The average molecular weight is 243 g/mol. The topological polar surface area (TPSA) is 87.3 Å². The number of hydrogen-bond donors (Lipinski definition) is 3. The molecule has 0 aromatic rings. The molecule has 0 aromatic heterocycles. The summed E-state index contributed by atoms with van der Waals surface area (Å²) >= 11 is 0. The van der Waals surface area contributed by atoms with Crippen LogP contribution in [0.3, 0.4) is 0 Å². The summed E-state index contributed by atoms with van der Waals surface area (Å²) in [5, 5.41) is 7.41. The van der Waals surface area contributed by atoms with E-state index in [1.807, 2.05) is 6.92 Å². The van der Waals surface area contributed by atoms with Crippen LogP contribution in [0.5, 0.6) is 0 Å². The Morgan fingerprint density at radius 1 is 1.12 bits per heavy atom. The minimum Gasteiger partial charge on any atom is -0.357 e. The van der Waals surface area contributed by atoms with Crippen LogP contribution in [0.15, 0.2) is 0 Å². The predicted molar refractivity (Wildman–Crippen MR) is 64.1 cm³/mol. The standard InChI is InChI=1S/C11H21N3O3/c1-5-7(2)10(16)13-6-9(15)14-8(3)11(17)12-4/h7-8H,5-6H2,1-4H3,(H,12,17)(H,13,16)(H,14,15)/t7-,8+/m1/s1. The van der Waals surface area contributed by atoms with E-state index < -0.39 is 6.04 Å². The molecule has 0 aliphatic heterocycles. The van der Waals surface area contributed by atoms with Gasteiger partial charge in [0.1, 0.15) is 6.04 Å². The van der Waals surface area contributed by atoms with Crippen LogP contribution in [0, 0.1) is 5.92 Å². The molecule has 0 saturated carbocycles. The maximum Gasteiger partial charge on any atom is 0.242 e. The molecule has 0 radical (unpaired) electrons. The van der Waals surface area contributed by atoms with Crippen molar-refractivity contribution >= 4 is 17.7 Å². The fourth-order valence-corrected chi connectivity index (χ4v) is 1.10. The highest BCUT2D eigenvalue weighted by atomic mass is 16.2. The van der Waals surface area contributed by atoms with E-state index in [1.54, 1.807) is 13.8 Å². The second-order valence-electron chi connectivity index (χ2n) is 3.93. The van der Waals surface area contributed by atoms with Gasteiger partial charge in [-0.2, -0.15) is 0 Å². The number of amides is 3. The smallest absolute Gasteiger partial charge is 0.242 e. The number of likely N-dealkylation sites (N-methyl/N-ethyl adjacent to an activating group) is 1. The van der Waals surface area contributed by atoms with Crippen molar-refractivity contribution in [3.63, 3.8) is 0 Å². The highest BCUT2D eigenvalue weighted by Gasteiger charge is 2.15. The molecule has 0 spiro atoms. The Morgan fingerprint density at radius 2 is 1.71 bits per heavy atom. The minimum absolute atomic E-state index is 0.107. The summed E-state index contributed by atoms with van der Waals surface area (Å²) in [6.07, 6.45) is 0.724. The maximum absolute atomic E-state index is 11.4. The molecule has 3 N–H and O–H groups in total. The molecule has 6 nitrogen and oxygen atoms in total. The summed E-state index contributed by atoms with van der Waals surface area (Å²) in [5.74, 6) is -0.918. The molecule has 0 aromatic carbocycles. The van der Waals surface area contributed by atoms with Gasteiger partial charge < -0.3 is 16.0 Å². The molecule has 0 rings (SSSR count). The summed E-state index contributed by atoms with van der Waals surface area (Å²) in [6.45, 7) is 5.16. The highest BCUT2D eigenvalue weighted by molar-refractivity contribution is 5.90. The van der Waals surface area contributed by atoms with Gasteiger partial charge in [0.05, 0.1) is 6.54 Å². The number of rotatable bonds is 6. The zero-order valence-electron chi connectivity index (χ0n) is 10.8. The van der Waals surface area contributed by atoms with E-state index in [4.69, 9.17) is 0 Å². The van der Waals surface area contributed by atoms with Gasteiger partial charge in [0, 0.05) is 13.0 Å². The summed E-state index contributed by atoms with van der Waals surface area (Å²) in [4.78, 5) is 33.9. The molecule has 6 heteroatoms. The van der Waals surface area contributed by atoms with Crippen LogP contribution < -0.4 is 16.0 Å². The molecular weight excluding hydrogens is 222 g/mol. The van der Waals surface area contributed by atoms with Crippen LogP contribution in [-0.4, -0.2) is 37.4 Å². The van der Waals surface area contributed by atoms with E-state index in [-0.39, 0.29) is 30.2 Å². The van der Waals surface area contributed by atoms with Crippen molar-refractivity contribution < 1.29 is 14.4 Å². The SMILES string of the molecule is CC[C@@H](C)C(=O)NCC(=O)N[C@@H](C)C(=O)NC. The second kappa shape index (κ2) is 7.65. The average Bonchev–Trinajstić information content (AvgIpc) is 2.33. The summed E-state index contributed by atoms with van der Waals surface area (Å²) in [7, 11) is 1.50. The van der Waals surface area contributed by atoms with Crippen molar-refractivity contribution in [2.75, 3.05) is 13.6 Å². The first-order valence-electron chi connectivity index (χ1n) is 5.71. The number of hydrogen-bond acceptors (Lipinski definition) is 3. The Hall–Kier alpha value is -1.59. The Bertz CT molecular complexity index is 292. The first kappa shape index (κ1) is 15.4. The van der Waals surface area contributed by atoms with Crippen LogP contribution in [-0.2, 0) is 14.4 Å². The monoisotopic (exact) mass is 243 g/mol. The van der Waals surface area contributed by atoms with Crippen molar-refractivity contribution in [2.45, 2.75) is 33.2 Å². The second-order valence-corrected chi connectivity index (χ2v) is 3.93. The fraction of sp³-hybridized carbons (Fsp3) is 0.727. The predicted octanol–water partition coefficient (Wildman–Crippen LogP) is -0.601. The van der Waals surface area contributed by atoms with Gasteiger partial charge in [-0.25, -0.2) is 0 Å². The van der Waals surface area contributed by atoms with Crippen molar-refractivity contribution in [3.8, 4) is 0 Å². The number of carbonyl (C=O) groups excluding carboxylic acids is 3. The molecular formula is C11H21N3O3. The van der Waals surface area contributed by atoms with E-state index >= 15 is 0 Å². The van der Waals surface area contributed by atoms with Crippen molar-refractivity contribution in [2.24, 2.45) is 5.92 Å². The molecule has 0 bridgehead atoms. The largest absolute Gasteiger partial charge is 0.357 e. The molecule has 0 aliphatic rings. The molecule has 0 aliphatic carbocycles. The minimum atomic E-state index is -0.604. The van der Waals surface area contributed by atoms with Crippen LogP contribution in [0.1, 0.15) is 27.2 Å². The highest BCUT2D eigenvalue weighted by Crippen LogP contribution is 1.98. The zero-order chi connectivity index (χ0) is 13.4. The lowest BCUT2D eigenvalue weighted by Gasteiger charge is -2.13. The summed E-state index contributed by atoms with van der Waals surface area (Å²) < 4.78 is 0. The lowest BCUT2D eigenvalue weighted by Crippen LogP contribution is -2.47. The zero-order valence-corrected chi connectivity index (χ0v) is 10.8. The Labute approximate surface area is 102 Å². The molecule has 0 fully saturated rings. The van der Waals surface area contributed by atoms with Crippen LogP contribution in [0.2, 0.25) is 0 Å². The first-order valence-corrected chi connectivity index (χ1v) is 5.71. The van der Waals surface area contributed by atoms with Gasteiger partial charge in [0.25, 0.3) is 0 Å². The van der Waals surface area contributed by atoms with E-state index in [0.29, 0.717) is 0 Å². The van der Waals surface area contributed by atoms with Gasteiger partial charge in [-0.1, -0.05) is 13.8 Å². The van der Waals surface area contributed by atoms with Gasteiger partial charge in [0.15, 0.2) is 0 Å². The first-order chi connectivity index (χ1) is 7.92. The van der Waals surface area contributed by atoms with E-state index in [2.05, 4.69) is 16.0 Å². The lowest BCUT2D eigenvalue weighted by atomic mass is 10.1. The van der Waals surface area contributed by atoms with Crippen molar-refractivity contribution in [1.29, 1.82) is 0 Å². The molecule has 2 atom stereocenters. The summed E-state index contributed by atoms with van der Waals surface area (Å²) in [6, 6.07) is -0.604. The molecule has 0 heterocycles. The fourth-order valence-electron chi connectivity index (χ4n) is 1.10. The van der Waals surface area contributed by atoms with Gasteiger partial charge in [-0.3, -0.25) is 14.4 Å². The lowest BCUT2D eigenvalue weighted by molar-refractivity contribution is -0.130. The van der Waals surface area contributed by atoms with Gasteiger partial charge in [0.2, 0.25) is 17.7 Å².